The number of fused-ring (bicyclic) bond motifs is 2. The number of hydrogen-bond donors (Lipinski definition) is 0. The minimum Gasteiger partial charge on any atom is -0.273 e. The van der Waals surface area contributed by atoms with Gasteiger partial charge in [-0.15, -0.1) is 0 Å². The van der Waals surface area contributed by atoms with E-state index in [4.69, 9.17) is 0 Å². The van der Waals surface area contributed by atoms with Gasteiger partial charge >= 0.3 is 0 Å². The maximum atomic E-state index is 14.0. The van der Waals surface area contributed by atoms with Gasteiger partial charge in [0.1, 0.15) is 17.5 Å². The predicted molar refractivity (Wildman–Crippen MR) is 112 cm³/mol. The van der Waals surface area contributed by atoms with E-state index in [0.717, 1.165) is 24.4 Å². The van der Waals surface area contributed by atoms with Crippen molar-refractivity contribution in [1.29, 1.82) is 0 Å². The number of rotatable bonds is 4. The van der Waals surface area contributed by atoms with Crippen LogP contribution in [0, 0.1) is 34.7 Å². The van der Waals surface area contributed by atoms with Gasteiger partial charge < -0.3 is 0 Å². The van der Waals surface area contributed by atoms with Gasteiger partial charge in [-0.05, 0) is 60.4 Å². The summed E-state index contributed by atoms with van der Waals surface area (Å²) in [5.41, 5.74) is 1.13. The molecule has 164 valence electrons. The van der Waals surface area contributed by atoms with Gasteiger partial charge in [-0.3, -0.25) is 9.48 Å². The summed E-state index contributed by atoms with van der Waals surface area (Å²) >= 11 is 0. The van der Waals surface area contributed by atoms with Crippen molar-refractivity contribution in [3.63, 3.8) is 0 Å². The third-order valence-electron chi connectivity index (χ3n) is 7.37. The second kappa shape index (κ2) is 6.92. The van der Waals surface area contributed by atoms with Crippen LogP contribution in [0.4, 0.5) is 13.2 Å². The normalized spacial score (nSPS) is 28.5. The standard InChI is InChI=1S/C24H21F3N4O/c25-16-6-14(7-17(26)8-16)21-4-5-28-31(21)23(32)18-11-24(9-15(18)10-24)13-30-22-3-1-2-20(27)19(22)12-29-30/h1-3,5-8,12,15,18,21H,4,9-11,13H2. The zero-order valence-corrected chi connectivity index (χ0v) is 17.2. The number of carbonyl (C=O) groups is 1. The van der Waals surface area contributed by atoms with E-state index >= 15 is 0 Å². The topological polar surface area (TPSA) is 50.5 Å². The van der Waals surface area contributed by atoms with Crippen molar-refractivity contribution in [3.05, 3.63) is 65.6 Å². The van der Waals surface area contributed by atoms with Crippen LogP contribution in [0.15, 0.2) is 47.7 Å². The maximum Gasteiger partial charge on any atom is 0.246 e. The Labute approximate surface area is 182 Å². The largest absolute Gasteiger partial charge is 0.273 e. The van der Waals surface area contributed by atoms with Gasteiger partial charge in [0.05, 0.1) is 23.1 Å². The molecule has 2 aromatic carbocycles. The Balaban J connectivity index is 1.21. The predicted octanol–water partition coefficient (Wildman–Crippen LogP) is 4.83. The number of halogens is 3. The fourth-order valence-electron chi connectivity index (χ4n) is 5.97. The second-order valence-corrected chi connectivity index (χ2v) is 9.39. The Morgan fingerprint density at radius 3 is 2.66 bits per heavy atom. The van der Waals surface area contributed by atoms with E-state index < -0.39 is 17.7 Å². The van der Waals surface area contributed by atoms with Gasteiger partial charge in [-0.2, -0.15) is 10.2 Å². The number of aromatic nitrogens is 2. The quantitative estimate of drug-likeness (QED) is 0.586. The molecule has 2 bridgehead atoms. The molecular formula is C24H21F3N4O. The molecule has 0 saturated heterocycles. The van der Waals surface area contributed by atoms with Crippen molar-refractivity contribution in [2.24, 2.45) is 22.4 Å². The highest BCUT2D eigenvalue weighted by atomic mass is 19.1. The molecule has 2 atom stereocenters. The maximum absolute atomic E-state index is 14.0. The summed E-state index contributed by atoms with van der Waals surface area (Å²) < 4.78 is 43.3. The fourth-order valence-corrected chi connectivity index (χ4v) is 5.97. The van der Waals surface area contributed by atoms with Crippen LogP contribution in [0.3, 0.4) is 0 Å². The van der Waals surface area contributed by atoms with Gasteiger partial charge in [0.25, 0.3) is 0 Å². The van der Waals surface area contributed by atoms with Crippen molar-refractivity contribution in [1.82, 2.24) is 14.8 Å². The lowest BCUT2D eigenvalue weighted by molar-refractivity contribution is -0.138. The zero-order chi connectivity index (χ0) is 22.0. The first-order chi connectivity index (χ1) is 15.4. The lowest BCUT2D eigenvalue weighted by Crippen LogP contribution is -2.35. The van der Waals surface area contributed by atoms with Crippen molar-refractivity contribution >= 4 is 23.0 Å². The van der Waals surface area contributed by atoms with Gasteiger partial charge in [0.2, 0.25) is 5.91 Å². The highest BCUT2D eigenvalue weighted by molar-refractivity contribution is 5.83. The Hall–Kier alpha value is -3.16. The summed E-state index contributed by atoms with van der Waals surface area (Å²) in [6.07, 6.45) is 6.15. The molecule has 1 amide bonds. The number of amides is 1. The molecule has 2 unspecified atom stereocenters. The molecule has 3 aromatic rings. The summed E-state index contributed by atoms with van der Waals surface area (Å²) in [4.78, 5) is 13.4. The second-order valence-electron chi connectivity index (χ2n) is 9.39. The minimum atomic E-state index is -0.663. The van der Waals surface area contributed by atoms with E-state index in [9.17, 15) is 18.0 Å². The molecule has 0 spiro atoms. The van der Waals surface area contributed by atoms with Gasteiger partial charge in [-0.25, -0.2) is 18.2 Å². The summed E-state index contributed by atoms with van der Waals surface area (Å²) in [6, 6.07) is 7.83. The fraction of sp³-hybridized carbons (Fsp3) is 0.375. The number of hydrazone groups is 1. The third kappa shape index (κ3) is 2.96. The van der Waals surface area contributed by atoms with Crippen LogP contribution >= 0.6 is 0 Å². The van der Waals surface area contributed by atoms with Crippen LogP contribution in [-0.4, -0.2) is 26.9 Å². The molecule has 5 nitrogen and oxygen atoms in total. The molecule has 0 radical (unpaired) electrons. The van der Waals surface area contributed by atoms with Gasteiger partial charge in [-0.1, -0.05) is 6.07 Å². The van der Waals surface area contributed by atoms with Crippen LogP contribution in [0.5, 0.6) is 0 Å². The van der Waals surface area contributed by atoms with E-state index in [1.54, 1.807) is 18.5 Å². The van der Waals surface area contributed by atoms with E-state index in [2.05, 4.69) is 10.2 Å². The number of benzene rings is 2. The van der Waals surface area contributed by atoms with E-state index in [1.165, 1.54) is 23.2 Å². The Bertz CT molecular complexity index is 1240. The first-order valence-corrected chi connectivity index (χ1v) is 10.8. The molecule has 2 heterocycles. The molecule has 3 fully saturated rings. The lowest BCUT2D eigenvalue weighted by atomic mass is 9.69. The molecule has 4 aliphatic rings. The Kier molecular flexibility index (Phi) is 4.22. The first kappa shape index (κ1) is 19.5. The molecule has 1 aromatic heterocycles. The molecule has 7 rings (SSSR count). The third-order valence-corrected chi connectivity index (χ3v) is 7.37. The van der Waals surface area contributed by atoms with Crippen LogP contribution < -0.4 is 0 Å². The summed E-state index contributed by atoms with van der Waals surface area (Å²) in [6.45, 7) is 0.641. The zero-order valence-electron chi connectivity index (χ0n) is 17.2. The van der Waals surface area contributed by atoms with Gasteiger partial charge in [0.15, 0.2) is 0 Å². The summed E-state index contributed by atoms with van der Waals surface area (Å²) in [5.74, 6) is -1.61. The molecular weight excluding hydrogens is 417 g/mol. The Morgan fingerprint density at radius 2 is 1.88 bits per heavy atom. The molecule has 3 aliphatic carbocycles. The molecule has 0 N–H and O–H groups in total. The molecule has 1 aliphatic heterocycles. The van der Waals surface area contributed by atoms with Crippen LogP contribution in [0.25, 0.3) is 10.9 Å². The van der Waals surface area contributed by atoms with Crippen molar-refractivity contribution in [2.45, 2.75) is 38.3 Å². The molecule has 32 heavy (non-hydrogen) atoms. The van der Waals surface area contributed by atoms with E-state index in [1.807, 2.05) is 10.7 Å². The van der Waals surface area contributed by atoms with Crippen LogP contribution in [0.2, 0.25) is 0 Å². The van der Waals surface area contributed by atoms with E-state index in [-0.39, 0.29) is 29.0 Å². The average molecular weight is 438 g/mol. The van der Waals surface area contributed by atoms with Gasteiger partial charge in [0, 0.05) is 31.2 Å². The van der Waals surface area contributed by atoms with Crippen molar-refractivity contribution in [2.75, 3.05) is 0 Å². The SMILES string of the molecule is O=C(C1CC2(Cn3ncc4c(F)cccc43)CC1C2)N1N=CCC1c1cc(F)cc(F)c1. The average Bonchev–Trinajstić information content (AvgIpc) is 3.49. The molecule has 3 saturated carbocycles. The van der Waals surface area contributed by atoms with Crippen LogP contribution in [0.1, 0.15) is 37.3 Å². The minimum absolute atomic E-state index is 0.0415. The lowest BCUT2D eigenvalue weighted by Gasteiger charge is -2.38. The van der Waals surface area contributed by atoms with Crippen molar-refractivity contribution < 1.29 is 18.0 Å². The monoisotopic (exact) mass is 438 g/mol. The van der Waals surface area contributed by atoms with Crippen molar-refractivity contribution in [3.8, 4) is 0 Å². The highest BCUT2D eigenvalue weighted by Crippen LogP contribution is 2.63. The first-order valence-electron chi connectivity index (χ1n) is 10.8. The Morgan fingerprint density at radius 1 is 1.09 bits per heavy atom. The smallest absolute Gasteiger partial charge is 0.246 e. The number of carbonyl (C=O) groups excluding carboxylic acids is 1. The molecule has 8 heteroatoms. The van der Waals surface area contributed by atoms with Crippen LogP contribution in [-0.2, 0) is 11.3 Å². The number of nitrogens with zero attached hydrogens (tertiary/aromatic N) is 4. The summed E-state index contributed by atoms with van der Waals surface area (Å²) in [5, 5.41) is 10.6. The van der Waals surface area contributed by atoms with E-state index in [0.29, 0.717) is 30.3 Å². The highest BCUT2D eigenvalue weighted by Gasteiger charge is 2.59. The number of hydrogen-bond acceptors (Lipinski definition) is 3. The summed E-state index contributed by atoms with van der Waals surface area (Å²) in [7, 11) is 0.